The zero-order chi connectivity index (χ0) is 23.7. The Morgan fingerprint density at radius 2 is 1.75 bits per heavy atom. The second kappa shape index (κ2) is 12.4. The highest BCUT2D eigenvalue weighted by atomic mass is 127. The summed E-state index contributed by atoms with van der Waals surface area (Å²) in [6.45, 7) is 6.02. The third-order valence-electron chi connectivity index (χ3n) is 6.94. The fourth-order valence-electron chi connectivity index (χ4n) is 5.01. The number of hydrogen-bond acceptors (Lipinski definition) is 4. The van der Waals surface area contributed by atoms with Gasteiger partial charge in [0, 0.05) is 19.2 Å². The van der Waals surface area contributed by atoms with Gasteiger partial charge in [-0.15, -0.1) is 0 Å². The van der Waals surface area contributed by atoms with E-state index in [4.69, 9.17) is 9.15 Å². The highest BCUT2D eigenvalue weighted by Gasteiger charge is 2.25. The van der Waals surface area contributed by atoms with Crippen molar-refractivity contribution in [2.24, 2.45) is 7.05 Å². The number of piperidine rings is 1. The first kappa shape index (κ1) is 29.2. The predicted molar refractivity (Wildman–Crippen MR) is 140 cm³/mol. The smallest absolute Gasteiger partial charge is 0.261 e. The lowest BCUT2D eigenvalue weighted by Crippen LogP contribution is -3.00. The lowest BCUT2D eigenvalue weighted by molar-refractivity contribution is -0.870. The Morgan fingerprint density at radius 1 is 1.00 bits per heavy atom. The number of para-hydroxylation sites is 1. The summed E-state index contributed by atoms with van der Waals surface area (Å²) in [5.41, 5.74) is 5.18. The molecule has 0 amide bonds. The molecule has 0 unspecified atom stereocenters. The molecular formula is C28H38I2N4O2. The summed E-state index contributed by atoms with van der Waals surface area (Å²) in [5, 5.41) is 6.03. The molecule has 4 aromatic rings. The molecule has 36 heavy (non-hydrogen) atoms. The van der Waals surface area contributed by atoms with Crippen molar-refractivity contribution >= 4 is 38.7 Å². The van der Waals surface area contributed by atoms with E-state index in [1.807, 2.05) is 12.1 Å². The zero-order valence-electron chi connectivity index (χ0n) is 21.8. The zero-order valence-corrected chi connectivity index (χ0v) is 26.1. The SMILES string of the molecule is C[n+]1c2ccccc2c(NCCN2CCCCC2)c2oc3ccc(OCC[N+](C)(C)C)cc3c21.[I-].[I-]. The molecule has 8 heteroatoms. The lowest BCUT2D eigenvalue weighted by atomic mass is 10.1. The van der Waals surface area contributed by atoms with Gasteiger partial charge in [-0.1, -0.05) is 18.6 Å². The number of rotatable bonds is 8. The van der Waals surface area contributed by atoms with Crippen LogP contribution in [0.1, 0.15) is 19.3 Å². The topological polar surface area (TPSA) is 41.5 Å². The van der Waals surface area contributed by atoms with Crippen LogP contribution in [-0.2, 0) is 7.05 Å². The molecule has 2 aromatic heterocycles. The number of ether oxygens (including phenoxy) is 1. The minimum Gasteiger partial charge on any atom is -1.00 e. The summed E-state index contributed by atoms with van der Waals surface area (Å²) in [4.78, 5) is 2.57. The average Bonchev–Trinajstić information content (AvgIpc) is 3.20. The van der Waals surface area contributed by atoms with Gasteiger partial charge >= 0.3 is 0 Å². The van der Waals surface area contributed by atoms with Gasteiger partial charge in [0.2, 0.25) is 11.1 Å². The quantitative estimate of drug-likeness (QED) is 0.138. The molecule has 1 aliphatic rings. The number of aromatic nitrogens is 1. The molecule has 1 fully saturated rings. The molecule has 0 spiro atoms. The number of nitrogens with zero attached hydrogens (tertiary/aromatic N) is 3. The Kier molecular flexibility index (Phi) is 10.1. The third kappa shape index (κ3) is 6.36. The minimum absolute atomic E-state index is 0. The van der Waals surface area contributed by atoms with E-state index in [2.05, 4.69) is 73.3 Å². The molecule has 0 aliphatic carbocycles. The normalized spacial score (nSPS) is 14.6. The number of halogens is 2. The number of quaternary nitrogens is 1. The number of nitrogens with one attached hydrogen (secondary N) is 1. The Hall–Kier alpha value is -1.37. The second-order valence-corrected chi connectivity index (χ2v) is 10.6. The van der Waals surface area contributed by atoms with Gasteiger partial charge in [0.25, 0.3) is 5.52 Å². The van der Waals surface area contributed by atoms with Crippen LogP contribution in [0, 0.1) is 0 Å². The summed E-state index contributed by atoms with van der Waals surface area (Å²) in [6, 6.07) is 14.8. The predicted octanol–water partition coefficient (Wildman–Crippen LogP) is -1.45. The first-order valence-electron chi connectivity index (χ1n) is 12.6. The summed E-state index contributed by atoms with van der Waals surface area (Å²) < 4.78 is 15.7. The fraction of sp³-hybridized carbons (Fsp3) is 0.464. The standard InChI is InChI=1S/C28H37N4O2.2HI/c1-30-24-11-7-6-10-22(24)26(29-14-17-31-15-8-5-9-16-31)28-27(30)23-20-21(12-13-25(23)34-28)33-19-18-32(2,3)4;;/h6-7,10-13,20H,5,8-9,14-19H2,1-4H3;2*1H/q+1;;/p-1. The number of likely N-dealkylation sites (tertiary alicyclic amines) is 1. The molecule has 0 atom stereocenters. The average molecular weight is 716 g/mol. The number of hydrogen-bond donors (Lipinski definition) is 1. The Morgan fingerprint density at radius 3 is 2.50 bits per heavy atom. The van der Waals surface area contributed by atoms with Gasteiger partial charge < -0.3 is 71.8 Å². The van der Waals surface area contributed by atoms with Crippen LogP contribution in [0.5, 0.6) is 5.75 Å². The monoisotopic (exact) mass is 716 g/mol. The number of anilines is 1. The van der Waals surface area contributed by atoms with E-state index in [0.29, 0.717) is 6.61 Å². The van der Waals surface area contributed by atoms with Gasteiger partial charge in [-0.05, 0) is 50.2 Å². The van der Waals surface area contributed by atoms with E-state index in [0.717, 1.165) is 57.6 Å². The van der Waals surface area contributed by atoms with Crippen LogP contribution in [0.3, 0.4) is 0 Å². The second-order valence-electron chi connectivity index (χ2n) is 10.6. The van der Waals surface area contributed by atoms with Crippen molar-refractivity contribution < 1.29 is 66.2 Å². The van der Waals surface area contributed by atoms with Crippen LogP contribution in [-0.4, -0.2) is 69.9 Å². The first-order valence-corrected chi connectivity index (χ1v) is 12.6. The maximum Gasteiger partial charge on any atom is 0.261 e. The van der Waals surface area contributed by atoms with Crippen LogP contribution in [0.25, 0.3) is 33.0 Å². The van der Waals surface area contributed by atoms with Crippen molar-refractivity contribution in [3.05, 3.63) is 42.5 Å². The summed E-state index contributed by atoms with van der Waals surface area (Å²) in [7, 11) is 8.67. The fourth-order valence-corrected chi connectivity index (χ4v) is 5.01. The molecular weight excluding hydrogens is 678 g/mol. The lowest BCUT2D eigenvalue weighted by Gasteiger charge is -2.26. The van der Waals surface area contributed by atoms with Gasteiger partial charge in [0.05, 0.1) is 37.6 Å². The van der Waals surface area contributed by atoms with Crippen molar-refractivity contribution in [2.45, 2.75) is 19.3 Å². The third-order valence-corrected chi connectivity index (χ3v) is 6.94. The summed E-state index contributed by atoms with van der Waals surface area (Å²) in [6.07, 6.45) is 4.00. The molecule has 6 nitrogen and oxygen atoms in total. The number of likely N-dealkylation sites (N-methyl/N-ethyl adjacent to an activating group) is 1. The van der Waals surface area contributed by atoms with Crippen LogP contribution in [0.15, 0.2) is 46.9 Å². The van der Waals surface area contributed by atoms with Crippen molar-refractivity contribution in [2.75, 3.05) is 65.8 Å². The molecule has 1 aliphatic heterocycles. The molecule has 2 aromatic carbocycles. The van der Waals surface area contributed by atoms with Gasteiger partial charge in [-0.2, -0.15) is 4.57 Å². The number of aryl methyl sites for hydroxylation is 1. The van der Waals surface area contributed by atoms with Gasteiger partial charge in [0.1, 0.15) is 31.5 Å². The highest BCUT2D eigenvalue weighted by molar-refractivity contribution is 6.11. The van der Waals surface area contributed by atoms with E-state index < -0.39 is 0 Å². The first-order chi connectivity index (χ1) is 16.4. The molecule has 0 radical (unpaired) electrons. The Balaban J connectivity index is 0.00000180. The highest BCUT2D eigenvalue weighted by Crippen LogP contribution is 2.37. The van der Waals surface area contributed by atoms with E-state index >= 15 is 0 Å². The molecule has 5 rings (SSSR count). The molecule has 0 saturated carbocycles. The maximum atomic E-state index is 6.47. The van der Waals surface area contributed by atoms with Gasteiger partial charge in [-0.3, -0.25) is 0 Å². The van der Waals surface area contributed by atoms with Crippen LogP contribution in [0.2, 0.25) is 0 Å². The Labute approximate surface area is 248 Å². The molecule has 1 N–H and O–H groups in total. The summed E-state index contributed by atoms with van der Waals surface area (Å²) >= 11 is 0. The number of fused-ring (bicyclic) bond motifs is 4. The van der Waals surface area contributed by atoms with Crippen LogP contribution < -0.4 is 62.6 Å². The van der Waals surface area contributed by atoms with Crippen molar-refractivity contribution in [3.63, 3.8) is 0 Å². The molecule has 1 saturated heterocycles. The molecule has 3 heterocycles. The van der Waals surface area contributed by atoms with Crippen LogP contribution in [0.4, 0.5) is 5.69 Å². The Bertz CT molecular complexity index is 1310. The number of furan rings is 1. The summed E-state index contributed by atoms with van der Waals surface area (Å²) in [5.74, 6) is 0.886. The van der Waals surface area contributed by atoms with Crippen molar-refractivity contribution in [1.29, 1.82) is 0 Å². The van der Waals surface area contributed by atoms with Gasteiger partial charge in [0.15, 0.2) is 0 Å². The van der Waals surface area contributed by atoms with Gasteiger partial charge in [-0.25, -0.2) is 0 Å². The number of pyridine rings is 1. The van der Waals surface area contributed by atoms with Crippen molar-refractivity contribution in [3.8, 4) is 5.75 Å². The maximum absolute atomic E-state index is 6.47. The molecule has 196 valence electrons. The number of benzene rings is 2. The molecule has 0 bridgehead atoms. The van der Waals surface area contributed by atoms with E-state index in [1.54, 1.807) is 0 Å². The van der Waals surface area contributed by atoms with E-state index in [-0.39, 0.29) is 48.0 Å². The van der Waals surface area contributed by atoms with E-state index in [1.165, 1.54) is 43.3 Å². The van der Waals surface area contributed by atoms with E-state index in [9.17, 15) is 0 Å². The van der Waals surface area contributed by atoms with Crippen molar-refractivity contribution in [1.82, 2.24) is 4.90 Å². The minimum atomic E-state index is 0. The largest absolute Gasteiger partial charge is 1.00 e. The van der Waals surface area contributed by atoms with Crippen LogP contribution >= 0.6 is 0 Å².